The maximum Gasteiger partial charge on any atom is 0.458 e. The van der Waals surface area contributed by atoms with Gasteiger partial charge in [0.2, 0.25) is 0 Å². The zero-order chi connectivity index (χ0) is 30.1. The second kappa shape index (κ2) is 11.9. The number of benzene rings is 3. The van der Waals surface area contributed by atoms with Gasteiger partial charge in [-0.3, -0.25) is 0 Å². The molecule has 3 aliphatic heterocycles. The number of alkyl halides is 3. The van der Waals surface area contributed by atoms with Crippen LogP contribution in [0.3, 0.4) is 0 Å². The van der Waals surface area contributed by atoms with Crippen LogP contribution < -0.4 is 0 Å². The number of halogens is 7. The summed E-state index contributed by atoms with van der Waals surface area (Å²) in [5.74, 6) is -3.35. The molecule has 0 unspecified atom stereocenters. The van der Waals surface area contributed by atoms with E-state index in [1.807, 2.05) is 0 Å². The SMILES string of the molecule is CCCCCCC12COC(CCc3cc(F)c(-c4ccc5c(F)c(C#CC(F)(F)F)c(F)cc5c4)c(F)c3)(OC1)OC2. The average molecular weight is 595 g/mol. The lowest BCUT2D eigenvalue weighted by atomic mass is 9.83. The number of rotatable bonds is 9. The van der Waals surface area contributed by atoms with Gasteiger partial charge in [-0.1, -0.05) is 50.7 Å². The van der Waals surface area contributed by atoms with Crippen LogP contribution in [0.4, 0.5) is 30.7 Å². The molecule has 6 rings (SSSR count). The lowest BCUT2D eigenvalue weighted by molar-refractivity contribution is -0.470. The fraction of sp³-hybridized carbons (Fsp3) is 0.438. The van der Waals surface area contributed by atoms with Gasteiger partial charge in [-0.2, -0.15) is 13.2 Å². The van der Waals surface area contributed by atoms with Crippen LogP contribution in [0, 0.1) is 40.5 Å². The molecule has 3 aromatic rings. The average Bonchev–Trinajstić information content (AvgIpc) is 2.94. The molecule has 0 N–H and O–H groups in total. The Kier molecular flexibility index (Phi) is 8.57. The highest BCUT2D eigenvalue weighted by molar-refractivity contribution is 5.89. The van der Waals surface area contributed by atoms with E-state index in [1.165, 1.54) is 30.5 Å². The van der Waals surface area contributed by atoms with Crippen molar-refractivity contribution in [1.82, 2.24) is 0 Å². The van der Waals surface area contributed by atoms with E-state index in [4.69, 9.17) is 14.2 Å². The van der Waals surface area contributed by atoms with E-state index in [9.17, 15) is 22.0 Å². The van der Waals surface area contributed by atoms with Gasteiger partial charge in [0.15, 0.2) is 0 Å². The van der Waals surface area contributed by atoms with Gasteiger partial charge in [-0.15, -0.1) is 0 Å². The topological polar surface area (TPSA) is 27.7 Å². The molecule has 2 bridgehead atoms. The van der Waals surface area contributed by atoms with Gasteiger partial charge in [-0.05, 0) is 53.6 Å². The second-order valence-electron chi connectivity index (χ2n) is 11.0. The smallest absolute Gasteiger partial charge is 0.327 e. The fourth-order valence-electron chi connectivity index (χ4n) is 5.48. The van der Waals surface area contributed by atoms with Crippen molar-refractivity contribution in [2.24, 2.45) is 5.41 Å². The fourth-order valence-corrected chi connectivity index (χ4v) is 5.48. The van der Waals surface area contributed by atoms with E-state index in [0.29, 0.717) is 25.4 Å². The van der Waals surface area contributed by atoms with E-state index in [0.717, 1.165) is 49.8 Å². The predicted molar refractivity (Wildman–Crippen MR) is 142 cm³/mol. The van der Waals surface area contributed by atoms with E-state index in [-0.39, 0.29) is 34.6 Å². The molecule has 3 nitrogen and oxygen atoms in total. The molecule has 224 valence electrons. The first kappa shape index (κ1) is 30.3. The minimum absolute atomic E-state index is 0.000377. The maximum atomic E-state index is 15.2. The van der Waals surface area contributed by atoms with Crippen molar-refractivity contribution in [3.8, 4) is 23.0 Å². The summed E-state index contributed by atoms with van der Waals surface area (Å²) in [5.41, 5.74) is -1.28. The van der Waals surface area contributed by atoms with Crippen LogP contribution in [0.5, 0.6) is 0 Å². The van der Waals surface area contributed by atoms with Gasteiger partial charge in [0.05, 0.1) is 30.9 Å². The monoisotopic (exact) mass is 594 g/mol. The Hall–Kier alpha value is -3.13. The lowest BCUT2D eigenvalue weighted by Crippen LogP contribution is -2.60. The number of fused-ring (bicyclic) bond motifs is 4. The summed E-state index contributed by atoms with van der Waals surface area (Å²) in [6.07, 6.45) is 0.986. The van der Waals surface area contributed by atoms with E-state index in [2.05, 4.69) is 6.92 Å². The minimum atomic E-state index is -4.93. The standard InChI is InChI=1S/C32H29F7O3/c1-2-3-4-5-10-30-17-40-32(41-18-30,42-19-30)12-8-20-13-26(34)28(27(35)14-20)21-6-7-23-22(15-21)16-25(33)24(29(23)36)9-11-31(37,38)39/h6-7,13-16H,2-5,8,10,12,17-19H2,1H3. The van der Waals surface area contributed by atoms with Crippen molar-refractivity contribution in [2.75, 3.05) is 19.8 Å². The number of hydrogen-bond acceptors (Lipinski definition) is 3. The molecule has 0 saturated carbocycles. The van der Waals surface area contributed by atoms with Crippen LogP contribution in [-0.2, 0) is 20.6 Å². The Bertz CT molecular complexity index is 1490. The largest absolute Gasteiger partial charge is 0.458 e. The lowest BCUT2D eigenvalue weighted by Gasteiger charge is -2.52. The van der Waals surface area contributed by atoms with Crippen molar-refractivity contribution in [3.05, 3.63) is 70.8 Å². The van der Waals surface area contributed by atoms with E-state index < -0.39 is 46.5 Å². The molecule has 10 heteroatoms. The van der Waals surface area contributed by atoms with Crippen LogP contribution in [0.15, 0.2) is 36.4 Å². The molecule has 0 aliphatic carbocycles. The van der Waals surface area contributed by atoms with Crippen LogP contribution in [0.2, 0.25) is 0 Å². The molecule has 42 heavy (non-hydrogen) atoms. The first-order valence-electron chi connectivity index (χ1n) is 13.8. The van der Waals surface area contributed by atoms with Crippen molar-refractivity contribution < 1.29 is 44.9 Å². The summed E-state index contributed by atoms with van der Waals surface area (Å²) in [6.45, 7) is 3.66. The molecule has 0 aromatic heterocycles. The summed E-state index contributed by atoms with van der Waals surface area (Å²) in [6, 6.07) is 6.60. The quantitative estimate of drug-likeness (QED) is 0.141. The summed E-state index contributed by atoms with van der Waals surface area (Å²) in [5, 5.41) is -0.335. The van der Waals surface area contributed by atoms with Gasteiger partial charge in [0.1, 0.15) is 23.3 Å². The van der Waals surface area contributed by atoms with Crippen molar-refractivity contribution in [1.29, 1.82) is 0 Å². The first-order chi connectivity index (χ1) is 19.9. The van der Waals surface area contributed by atoms with Crippen molar-refractivity contribution in [2.45, 2.75) is 64.0 Å². The number of unbranched alkanes of at least 4 members (excludes halogenated alkanes) is 3. The molecule has 3 heterocycles. The maximum absolute atomic E-state index is 15.2. The minimum Gasteiger partial charge on any atom is -0.327 e. The summed E-state index contributed by atoms with van der Waals surface area (Å²) in [4.78, 5) is 0. The zero-order valence-electron chi connectivity index (χ0n) is 22.9. The zero-order valence-corrected chi connectivity index (χ0v) is 22.9. The van der Waals surface area contributed by atoms with Gasteiger partial charge in [-0.25, -0.2) is 17.6 Å². The summed E-state index contributed by atoms with van der Waals surface area (Å²) in [7, 11) is 0. The van der Waals surface area contributed by atoms with Gasteiger partial charge < -0.3 is 14.2 Å². The molecule has 3 saturated heterocycles. The van der Waals surface area contributed by atoms with Gasteiger partial charge in [0.25, 0.3) is 5.97 Å². The van der Waals surface area contributed by atoms with Gasteiger partial charge >= 0.3 is 6.18 Å². The summed E-state index contributed by atoms with van der Waals surface area (Å²) < 4.78 is 115. The predicted octanol–water partition coefficient (Wildman–Crippen LogP) is 8.60. The molecule has 3 aliphatic rings. The highest BCUT2D eigenvalue weighted by Crippen LogP contribution is 2.43. The molecule has 0 spiro atoms. The number of ether oxygens (including phenoxy) is 3. The molecule has 0 radical (unpaired) electrons. The molecular weight excluding hydrogens is 565 g/mol. The Labute approximate surface area is 238 Å². The van der Waals surface area contributed by atoms with Crippen molar-refractivity contribution >= 4 is 10.8 Å². The molecule has 0 atom stereocenters. The normalized spacial score (nSPS) is 21.9. The number of hydrogen-bond donors (Lipinski definition) is 0. The Balaban J connectivity index is 1.30. The Morgan fingerprint density at radius 2 is 1.48 bits per heavy atom. The van der Waals surface area contributed by atoms with E-state index in [1.54, 1.807) is 0 Å². The molecule has 3 aromatic carbocycles. The Morgan fingerprint density at radius 3 is 2.10 bits per heavy atom. The molecule has 0 amide bonds. The van der Waals surface area contributed by atoms with Crippen molar-refractivity contribution in [3.63, 3.8) is 0 Å². The third kappa shape index (κ3) is 6.43. The molecule has 3 fully saturated rings. The Morgan fingerprint density at radius 1 is 0.810 bits per heavy atom. The third-order valence-electron chi connectivity index (χ3n) is 7.82. The third-order valence-corrected chi connectivity index (χ3v) is 7.82. The summed E-state index contributed by atoms with van der Waals surface area (Å²) >= 11 is 0. The number of aryl methyl sites for hydroxylation is 1. The highest BCUT2D eigenvalue weighted by Gasteiger charge is 2.51. The van der Waals surface area contributed by atoms with Crippen LogP contribution in [-0.4, -0.2) is 32.0 Å². The van der Waals surface area contributed by atoms with Crippen LogP contribution in [0.25, 0.3) is 21.9 Å². The van der Waals surface area contributed by atoms with Crippen LogP contribution >= 0.6 is 0 Å². The molecular formula is C32H29F7O3. The van der Waals surface area contributed by atoms with Crippen LogP contribution in [0.1, 0.15) is 56.6 Å². The van der Waals surface area contributed by atoms with E-state index >= 15 is 8.78 Å². The van der Waals surface area contributed by atoms with Gasteiger partial charge in [0, 0.05) is 23.1 Å². The first-order valence-corrected chi connectivity index (χ1v) is 13.8. The second-order valence-corrected chi connectivity index (χ2v) is 11.0. The highest BCUT2D eigenvalue weighted by atomic mass is 19.4.